The minimum Gasteiger partial charge on any atom is -0.352 e. The lowest BCUT2D eigenvalue weighted by molar-refractivity contribution is -0.115. The van der Waals surface area contributed by atoms with E-state index in [1.54, 1.807) is 12.1 Å². The van der Waals surface area contributed by atoms with Gasteiger partial charge in [0.25, 0.3) is 5.91 Å². The molecule has 0 heterocycles. The molecule has 0 saturated carbocycles. The number of hydrogen-bond donors (Lipinski definition) is 2. The molecule has 0 aliphatic rings. The Labute approximate surface area is 142 Å². The minimum atomic E-state index is -0.0821. The molecular formula is C20H22N2O2. The molecule has 0 aliphatic heterocycles. The van der Waals surface area contributed by atoms with E-state index in [0.29, 0.717) is 24.9 Å². The van der Waals surface area contributed by atoms with Crippen LogP contribution in [0.3, 0.4) is 0 Å². The molecule has 2 amide bonds. The molecule has 0 saturated heterocycles. The standard InChI is InChI=1S/C20H22N2O2/c1-16-10-7-8-13-18(16)22-19(23)14-6-3-9-15-21-20(24)17-11-4-2-5-12-17/h2-8,10-13H,9,14-15H2,1H3,(H,21,24)(H,22,23). The Balaban J connectivity index is 1.65. The smallest absolute Gasteiger partial charge is 0.251 e. The number of para-hydroxylation sites is 1. The molecule has 0 atom stereocenters. The third-order valence-corrected chi connectivity index (χ3v) is 3.52. The summed E-state index contributed by atoms with van der Waals surface area (Å²) in [4.78, 5) is 23.7. The van der Waals surface area contributed by atoms with Crippen LogP contribution in [0, 0.1) is 6.92 Å². The number of carbonyl (C=O) groups excluding carboxylic acids is 2. The zero-order valence-corrected chi connectivity index (χ0v) is 13.8. The highest BCUT2D eigenvalue weighted by Gasteiger charge is 2.03. The van der Waals surface area contributed by atoms with Crippen LogP contribution in [0.5, 0.6) is 0 Å². The second-order valence-electron chi connectivity index (χ2n) is 5.45. The second kappa shape index (κ2) is 9.30. The quantitative estimate of drug-likeness (QED) is 0.603. The number of amides is 2. The van der Waals surface area contributed by atoms with E-state index in [-0.39, 0.29) is 11.8 Å². The average Bonchev–Trinajstić information content (AvgIpc) is 2.60. The Morgan fingerprint density at radius 3 is 2.42 bits per heavy atom. The van der Waals surface area contributed by atoms with E-state index in [9.17, 15) is 9.59 Å². The van der Waals surface area contributed by atoms with Gasteiger partial charge in [0, 0.05) is 24.2 Å². The van der Waals surface area contributed by atoms with E-state index in [4.69, 9.17) is 0 Å². The Bertz CT molecular complexity index is 709. The van der Waals surface area contributed by atoms with Gasteiger partial charge in [-0.25, -0.2) is 0 Å². The van der Waals surface area contributed by atoms with Crippen molar-refractivity contribution < 1.29 is 9.59 Å². The molecule has 2 aromatic carbocycles. The highest BCUT2D eigenvalue weighted by molar-refractivity contribution is 5.94. The summed E-state index contributed by atoms with van der Waals surface area (Å²) in [6.07, 6.45) is 4.74. The molecular weight excluding hydrogens is 300 g/mol. The maximum atomic E-state index is 11.9. The fraction of sp³-hybridized carbons (Fsp3) is 0.200. The summed E-state index contributed by atoms with van der Waals surface area (Å²) in [5, 5.41) is 5.72. The Kier molecular flexibility index (Phi) is 6.77. The van der Waals surface area contributed by atoms with Crippen LogP contribution in [0.15, 0.2) is 66.7 Å². The summed E-state index contributed by atoms with van der Waals surface area (Å²) in [6.45, 7) is 2.50. The summed E-state index contributed by atoms with van der Waals surface area (Å²) in [5.41, 5.74) is 2.53. The van der Waals surface area contributed by atoms with Crippen molar-refractivity contribution in [2.75, 3.05) is 11.9 Å². The van der Waals surface area contributed by atoms with E-state index in [1.807, 2.05) is 61.5 Å². The largest absolute Gasteiger partial charge is 0.352 e. The molecule has 0 unspecified atom stereocenters. The van der Waals surface area contributed by atoms with E-state index in [0.717, 1.165) is 11.3 Å². The topological polar surface area (TPSA) is 58.2 Å². The molecule has 0 aliphatic carbocycles. The van der Waals surface area contributed by atoms with Crippen molar-refractivity contribution >= 4 is 17.5 Å². The Morgan fingerprint density at radius 2 is 1.67 bits per heavy atom. The van der Waals surface area contributed by atoms with Crippen LogP contribution in [0.4, 0.5) is 5.69 Å². The predicted molar refractivity (Wildman–Crippen MR) is 97.0 cm³/mol. The first-order valence-electron chi connectivity index (χ1n) is 8.00. The number of carbonyl (C=O) groups is 2. The maximum Gasteiger partial charge on any atom is 0.251 e. The highest BCUT2D eigenvalue weighted by atomic mass is 16.2. The molecule has 0 fully saturated rings. The van der Waals surface area contributed by atoms with Gasteiger partial charge < -0.3 is 10.6 Å². The van der Waals surface area contributed by atoms with Crippen LogP contribution in [0.25, 0.3) is 0 Å². The summed E-state index contributed by atoms with van der Waals surface area (Å²) < 4.78 is 0. The number of aryl methyl sites for hydroxylation is 1. The molecule has 4 nitrogen and oxygen atoms in total. The summed E-state index contributed by atoms with van der Waals surface area (Å²) in [7, 11) is 0. The van der Waals surface area contributed by atoms with E-state index < -0.39 is 0 Å². The molecule has 0 radical (unpaired) electrons. The zero-order valence-electron chi connectivity index (χ0n) is 13.8. The van der Waals surface area contributed by atoms with E-state index in [2.05, 4.69) is 10.6 Å². The zero-order chi connectivity index (χ0) is 17.2. The lowest BCUT2D eigenvalue weighted by Gasteiger charge is -2.06. The van der Waals surface area contributed by atoms with Gasteiger partial charge in [-0.15, -0.1) is 0 Å². The predicted octanol–water partition coefficient (Wildman–Crippen LogP) is 3.70. The fourth-order valence-corrected chi connectivity index (χ4v) is 2.18. The van der Waals surface area contributed by atoms with Gasteiger partial charge in [0.1, 0.15) is 0 Å². The van der Waals surface area contributed by atoms with Crippen molar-refractivity contribution in [3.8, 4) is 0 Å². The first-order chi connectivity index (χ1) is 11.7. The van der Waals surface area contributed by atoms with Crippen LogP contribution < -0.4 is 10.6 Å². The SMILES string of the molecule is Cc1ccccc1NC(=O)CC=CCCNC(=O)c1ccccc1. The molecule has 2 aromatic rings. The number of nitrogens with one attached hydrogen (secondary N) is 2. The molecule has 4 heteroatoms. The summed E-state index contributed by atoms with van der Waals surface area (Å²) in [6, 6.07) is 16.8. The first-order valence-corrected chi connectivity index (χ1v) is 8.00. The van der Waals surface area contributed by atoms with Gasteiger partial charge in [-0.1, -0.05) is 48.6 Å². The number of rotatable bonds is 7. The minimum absolute atomic E-state index is 0.0473. The lowest BCUT2D eigenvalue weighted by atomic mass is 10.2. The number of hydrogen-bond acceptors (Lipinski definition) is 2. The van der Waals surface area contributed by atoms with Crippen LogP contribution in [0.1, 0.15) is 28.8 Å². The van der Waals surface area contributed by atoms with Crippen LogP contribution in [0.2, 0.25) is 0 Å². The van der Waals surface area contributed by atoms with Crippen LogP contribution >= 0.6 is 0 Å². The molecule has 0 spiro atoms. The van der Waals surface area contributed by atoms with Crippen LogP contribution in [-0.4, -0.2) is 18.4 Å². The van der Waals surface area contributed by atoms with Crippen molar-refractivity contribution in [2.24, 2.45) is 0 Å². The van der Waals surface area contributed by atoms with Gasteiger partial charge >= 0.3 is 0 Å². The maximum absolute atomic E-state index is 11.9. The number of anilines is 1. The molecule has 2 N–H and O–H groups in total. The highest BCUT2D eigenvalue weighted by Crippen LogP contribution is 2.13. The monoisotopic (exact) mass is 322 g/mol. The fourth-order valence-electron chi connectivity index (χ4n) is 2.18. The van der Waals surface area contributed by atoms with Crippen molar-refractivity contribution in [3.63, 3.8) is 0 Å². The molecule has 0 bridgehead atoms. The third kappa shape index (κ3) is 5.72. The van der Waals surface area contributed by atoms with E-state index >= 15 is 0 Å². The molecule has 124 valence electrons. The lowest BCUT2D eigenvalue weighted by Crippen LogP contribution is -2.23. The van der Waals surface area contributed by atoms with Crippen molar-refractivity contribution in [2.45, 2.75) is 19.8 Å². The Hall–Kier alpha value is -2.88. The third-order valence-electron chi connectivity index (χ3n) is 3.52. The van der Waals surface area contributed by atoms with E-state index in [1.165, 1.54) is 0 Å². The van der Waals surface area contributed by atoms with Gasteiger partial charge in [-0.05, 0) is 37.1 Å². The normalized spacial score (nSPS) is 10.5. The summed E-state index contributed by atoms with van der Waals surface area (Å²) in [5.74, 6) is -0.129. The van der Waals surface area contributed by atoms with Gasteiger partial charge in [-0.3, -0.25) is 9.59 Å². The van der Waals surface area contributed by atoms with Gasteiger partial charge in [-0.2, -0.15) is 0 Å². The van der Waals surface area contributed by atoms with Gasteiger partial charge in [0.15, 0.2) is 0 Å². The molecule has 0 aromatic heterocycles. The van der Waals surface area contributed by atoms with Gasteiger partial charge in [0.05, 0.1) is 0 Å². The summed E-state index contributed by atoms with van der Waals surface area (Å²) >= 11 is 0. The van der Waals surface area contributed by atoms with Crippen molar-refractivity contribution in [3.05, 3.63) is 77.9 Å². The Morgan fingerprint density at radius 1 is 0.958 bits per heavy atom. The average molecular weight is 322 g/mol. The number of benzene rings is 2. The molecule has 24 heavy (non-hydrogen) atoms. The van der Waals surface area contributed by atoms with Crippen molar-refractivity contribution in [1.82, 2.24) is 5.32 Å². The second-order valence-corrected chi connectivity index (χ2v) is 5.45. The van der Waals surface area contributed by atoms with Gasteiger partial charge in [0.2, 0.25) is 5.91 Å². The first kappa shape index (κ1) is 17.5. The van der Waals surface area contributed by atoms with Crippen LogP contribution in [-0.2, 0) is 4.79 Å². The van der Waals surface area contributed by atoms with Crippen molar-refractivity contribution in [1.29, 1.82) is 0 Å². The molecule has 2 rings (SSSR count).